The number of nitrogens with zero attached hydrogens (tertiary/aromatic N) is 1. The minimum atomic E-state index is 0.604. The van der Waals surface area contributed by atoms with Gasteiger partial charge in [-0.2, -0.15) is 0 Å². The van der Waals surface area contributed by atoms with E-state index in [0.717, 1.165) is 6.54 Å². The molecule has 1 heteroatoms. The van der Waals surface area contributed by atoms with E-state index in [4.69, 9.17) is 0 Å². The van der Waals surface area contributed by atoms with Gasteiger partial charge in [0.05, 0.1) is 0 Å². The van der Waals surface area contributed by atoms with Crippen molar-refractivity contribution in [1.29, 1.82) is 0 Å². The Morgan fingerprint density at radius 2 is 1.85 bits per heavy atom. The Labute approximate surface area is 82.1 Å². The van der Waals surface area contributed by atoms with E-state index in [2.05, 4.69) is 57.0 Å². The van der Waals surface area contributed by atoms with Gasteiger partial charge in [0.15, 0.2) is 0 Å². The molecular formula is C12H21N. The van der Waals surface area contributed by atoms with Gasteiger partial charge < -0.3 is 4.90 Å². The van der Waals surface area contributed by atoms with Crippen molar-refractivity contribution in [3.63, 3.8) is 0 Å². The first kappa shape index (κ1) is 10.4. The molecule has 13 heavy (non-hydrogen) atoms. The van der Waals surface area contributed by atoms with Gasteiger partial charge in [-0.15, -0.1) is 0 Å². The molecule has 0 N–H and O–H groups in total. The molecule has 0 amide bonds. The van der Waals surface area contributed by atoms with Gasteiger partial charge in [-0.25, -0.2) is 0 Å². The molecule has 74 valence electrons. The minimum Gasteiger partial charge on any atom is -0.372 e. The molecule has 1 nitrogen and oxygen atoms in total. The monoisotopic (exact) mass is 179 g/mol. The predicted molar refractivity (Wildman–Crippen MR) is 58.5 cm³/mol. The van der Waals surface area contributed by atoms with E-state index >= 15 is 0 Å². The van der Waals surface area contributed by atoms with Crippen molar-refractivity contribution in [2.75, 3.05) is 6.54 Å². The molecular weight excluding hydrogens is 158 g/mol. The summed E-state index contributed by atoms with van der Waals surface area (Å²) in [7, 11) is 0. The second kappa shape index (κ2) is 4.50. The molecule has 1 atom stereocenters. The summed E-state index contributed by atoms with van der Waals surface area (Å²) >= 11 is 0. The molecule has 1 heterocycles. The van der Waals surface area contributed by atoms with E-state index in [-0.39, 0.29) is 0 Å². The van der Waals surface area contributed by atoms with Crippen LogP contribution >= 0.6 is 0 Å². The summed E-state index contributed by atoms with van der Waals surface area (Å²) in [5, 5.41) is 0. The first-order chi connectivity index (χ1) is 6.11. The lowest BCUT2D eigenvalue weighted by molar-refractivity contribution is 0.342. The fraction of sp³-hybridized carbons (Fsp3) is 0.667. The maximum atomic E-state index is 2.36. The zero-order valence-corrected chi connectivity index (χ0v) is 9.20. The van der Waals surface area contributed by atoms with Crippen LogP contribution in [0.1, 0.15) is 27.7 Å². The second-order valence-electron chi connectivity index (χ2n) is 4.38. The molecule has 0 fully saturated rings. The molecule has 0 spiro atoms. The fourth-order valence-corrected chi connectivity index (χ4v) is 1.50. The lowest BCUT2D eigenvalue weighted by Gasteiger charge is -2.22. The molecule has 0 radical (unpaired) electrons. The van der Waals surface area contributed by atoms with Crippen molar-refractivity contribution in [2.45, 2.75) is 33.7 Å². The van der Waals surface area contributed by atoms with Gasteiger partial charge in [-0.3, -0.25) is 0 Å². The zero-order chi connectivity index (χ0) is 9.84. The SMILES string of the molecule is CC(C)C1C=CCN(C(C)C)C=C1. The van der Waals surface area contributed by atoms with Crippen LogP contribution in [-0.4, -0.2) is 17.5 Å². The van der Waals surface area contributed by atoms with Crippen LogP contribution in [0.25, 0.3) is 0 Å². The second-order valence-corrected chi connectivity index (χ2v) is 4.38. The quantitative estimate of drug-likeness (QED) is 0.589. The third kappa shape index (κ3) is 2.91. The van der Waals surface area contributed by atoms with Crippen molar-refractivity contribution in [2.24, 2.45) is 11.8 Å². The highest BCUT2D eigenvalue weighted by atomic mass is 15.1. The summed E-state index contributed by atoms with van der Waals surface area (Å²) in [5.41, 5.74) is 0. The van der Waals surface area contributed by atoms with Crippen LogP contribution in [0, 0.1) is 11.8 Å². The molecule has 1 aliphatic rings. The Balaban J connectivity index is 2.64. The molecule has 1 unspecified atom stereocenters. The third-order valence-electron chi connectivity index (χ3n) is 2.61. The molecule has 0 aromatic heterocycles. The van der Waals surface area contributed by atoms with Crippen LogP contribution in [0.4, 0.5) is 0 Å². The van der Waals surface area contributed by atoms with Crippen LogP contribution in [-0.2, 0) is 0 Å². The molecule has 0 aliphatic carbocycles. The average molecular weight is 179 g/mol. The van der Waals surface area contributed by atoms with Crippen LogP contribution in [0.2, 0.25) is 0 Å². The largest absolute Gasteiger partial charge is 0.372 e. The Bertz CT molecular complexity index is 201. The number of allylic oxidation sites excluding steroid dienone is 2. The summed E-state index contributed by atoms with van der Waals surface area (Å²) in [6.07, 6.45) is 9.16. The maximum absolute atomic E-state index is 2.36. The van der Waals surface area contributed by atoms with E-state index in [9.17, 15) is 0 Å². The van der Waals surface area contributed by atoms with Crippen LogP contribution in [0.3, 0.4) is 0 Å². The van der Waals surface area contributed by atoms with Gasteiger partial charge in [0.25, 0.3) is 0 Å². The van der Waals surface area contributed by atoms with Gasteiger partial charge in [0.1, 0.15) is 0 Å². The van der Waals surface area contributed by atoms with E-state index in [0.29, 0.717) is 17.9 Å². The Morgan fingerprint density at radius 3 is 2.38 bits per heavy atom. The highest BCUT2D eigenvalue weighted by Gasteiger charge is 2.10. The van der Waals surface area contributed by atoms with Crippen molar-refractivity contribution in [3.8, 4) is 0 Å². The van der Waals surface area contributed by atoms with Crippen LogP contribution in [0.15, 0.2) is 24.4 Å². The topological polar surface area (TPSA) is 3.24 Å². The van der Waals surface area contributed by atoms with E-state index in [1.165, 1.54) is 0 Å². The van der Waals surface area contributed by atoms with Gasteiger partial charge in [-0.05, 0) is 31.9 Å². The van der Waals surface area contributed by atoms with Gasteiger partial charge in [0.2, 0.25) is 0 Å². The summed E-state index contributed by atoms with van der Waals surface area (Å²) in [5.74, 6) is 1.32. The molecule has 0 aromatic rings. The lowest BCUT2D eigenvalue weighted by atomic mass is 9.96. The van der Waals surface area contributed by atoms with Crippen molar-refractivity contribution < 1.29 is 0 Å². The number of hydrogen-bond acceptors (Lipinski definition) is 1. The van der Waals surface area contributed by atoms with Crippen molar-refractivity contribution in [1.82, 2.24) is 4.90 Å². The number of hydrogen-bond donors (Lipinski definition) is 0. The van der Waals surface area contributed by atoms with E-state index in [1.807, 2.05) is 0 Å². The standard InChI is InChI=1S/C12H21N/c1-10(2)12-6-5-8-13(9-7-12)11(3)4/h5-7,9-12H,8H2,1-4H3. The van der Waals surface area contributed by atoms with Gasteiger partial charge in [0, 0.05) is 12.6 Å². The molecule has 0 saturated carbocycles. The van der Waals surface area contributed by atoms with E-state index < -0.39 is 0 Å². The normalized spacial score (nSPS) is 22.9. The minimum absolute atomic E-state index is 0.604. The predicted octanol–water partition coefficient (Wildman–Crippen LogP) is 3.05. The van der Waals surface area contributed by atoms with Crippen LogP contribution < -0.4 is 0 Å². The smallest absolute Gasteiger partial charge is 0.0357 e. The number of rotatable bonds is 2. The fourth-order valence-electron chi connectivity index (χ4n) is 1.50. The molecule has 0 bridgehead atoms. The average Bonchev–Trinajstić information content (AvgIpc) is 2.27. The summed E-state index contributed by atoms with van der Waals surface area (Å²) in [4.78, 5) is 2.36. The van der Waals surface area contributed by atoms with Crippen LogP contribution in [0.5, 0.6) is 0 Å². The summed E-state index contributed by atoms with van der Waals surface area (Å²) in [6.45, 7) is 10.0. The van der Waals surface area contributed by atoms with E-state index in [1.54, 1.807) is 0 Å². The zero-order valence-electron chi connectivity index (χ0n) is 9.20. The molecule has 0 aromatic carbocycles. The van der Waals surface area contributed by atoms with Crippen molar-refractivity contribution in [3.05, 3.63) is 24.4 Å². The highest BCUT2D eigenvalue weighted by molar-refractivity contribution is 5.07. The Hall–Kier alpha value is -0.720. The summed E-state index contributed by atoms with van der Waals surface area (Å²) < 4.78 is 0. The highest BCUT2D eigenvalue weighted by Crippen LogP contribution is 2.17. The van der Waals surface area contributed by atoms with Crippen molar-refractivity contribution >= 4 is 0 Å². The third-order valence-corrected chi connectivity index (χ3v) is 2.61. The maximum Gasteiger partial charge on any atom is 0.0357 e. The first-order valence-electron chi connectivity index (χ1n) is 5.22. The van der Waals surface area contributed by atoms with Gasteiger partial charge in [-0.1, -0.05) is 32.1 Å². The first-order valence-corrected chi connectivity index (χ1v) is 5.22. The Kier molecular flexibility index (Phi) is 3.58. The summed E-state index contributed by atoms with van der Waals surface area (Å²) in [6, 6.07) is 0.604. The van der Waals surface area contributed by atoms with Gasteiger partial charge >= 0.3 is 0 Å². The molecule has 1 aliphatic heterocycles. The molecule has 0 saturated heterocycles. The lowest BCUT2D eigenvalue weighted by Crippen LogP contribution is -2.24. The Morgan fingerprint density at radius 1 is 1.15 bits per heavy atom. The molecule has 1 rings (SSSR count).